The standard InChI is InChI=1S/C20H20N4O2/c1-12-17(19(25)21-2)18(13-8-10-14(26-3)11-9-13)23-20-22-15-6-4-5-7-16(15)24(12)20/h4-11,18H,1-3H3,(H,21,25)(H,22,23)/t18-/m1/s1. The van der Waals surface area contributed by atoms with Gasteiger partial charge in [0.15, 0.2) is 0 Å². The molecular weight excluding hydrogens is 328 g/mol. The summed E-state index contributed by atoms with van der Waals surface area (Å²) in [6, 6.07) is 15.3. The minimum absolute atomic E-state index is 0.112. The van der Waals surface area contributed by atoms with E-state index < -0.39 is 0 Å². The number of aromatic nitrogens is 2. The van der Waals surface area contributed by atoms with Crippen molar-refractivity contribution in [2.45, 2.75) is 13.0 Å². The molecule has 6 nitrogen and oxygen atoms in total. The summed E-state index contributed by atoms with van der Waals surface area (Å²) >= 11 is 0. The van der Waals surface area contributed by atoms with Crippen LogP contribution in [0.5, 0.6) is 5.75 Å². The van der Waals surface area contributed by atoms with Crippen LogP contribution in [-0.4, -0.2) is 29.6 Å². The third kappa shape index (κ3) is 2.42. The summed E-state index contributed by atoms with van der Waals surface area (Å²) in [5.74, 6) is 1.40. The maximum atomic E-state index is 12.7. The highest BCUT2D eigenvalue weighted by molar-refractivity contribution is 6.02. The van der Waals surface area contributed by atoms with Crippen LogP contribution in [0, 0.1) is 0 Å². The fourth-order valence-electron chi connectivity index (χ4n) is 3.47. The molecule has 1 aliphatic heterocycles. The molecule has 0 fully saturated rings. The van der Waals surface area contributed by atoms with Crippen molar-refractivity contribution in [2.75, 3.05) is 19.5 Å². The highest BCUT2D eigenvalue weighted by atomic mass is 16.5. The number of anilines is 1. The minimum Gasteiger partial charge on any atom is -0.497 e. The summed E-state index contributed by atoms with van der Waals surface area (Å²) in [5.41, 5.74) is 4.38. The number of ether oxygens (including phenoxy) is 1. The molecule has 0 radical (unpaired) electrons. The molecule has 6 heteroatoms. The Balaban J connectivity index is 1.90. The summed E-state index contributed by atoms with van der Waals surface area (Å²) in [7, 11) is 3.28. The Morgan fingerprint density at radius 2 is 1.92 bits per heavy atom. The minimum atomic E-state index is -0.287. The lowest BCUT2D eigenvalue weighted by Gasteiger charge is -2.29. The van der Waals surface area contributed by atoms with Crippen molar-refractivity contribution < 1.29 is 9.53 Å². The van der Waals surface area contributed by atoms with Gasteiger partial charge in [-0.25, -0.2) is 4.98 Å². The molecule has 2 N–H and O–H groups in total. The third-order valence-electron chi connectivity index (χ3n) is 4.77. The molecule has 2 heterocycles. The van der Waals surface area contributed by atoms with Gasteiger partial charge in [-0.1, -0.05) is 24.3 Å². The molecule has 26 heavy (non-hydrogen) atoms. The Morgan fingerprint density at radius 1 is 1.19 bits per heavy atom. The first-order valence-corrected chi connectivity index (χ1v) is 8.45. The summed E-state index contributed by atoms with van der Waals surface area (Å²) in [6.45, 7) is 1.96. The third-order valence-corrected chi connectivity index (χ3v) is 4.77. The molecule has 1 atom stereocenters. The van der Waals surface area contributed by atoms with E-state index in [1.165, 1.54) is 0 Å². The van der Waals surface area contributed by atoms with Crippen LogP contribution in [-0.2, 0) is 4.79 Å². The quantitative estimate of drug-likeness (QED) is 0.763. The first-order chi connectivity index (χ1) is 12.6. The normalized spacial score (nSPS) is 16.2. The van der Waals surface area contributed by atoms with Crippen molar-refractivity contribution in [3.8, 4) is 5.75 Å². The number of benzene rings is 2. The number of hydrogen-bond donors (Lipinski definition) is 2. The predicted octanol–water partition coefficient (Wildman–Crippen LogP) is 3.19. The molecule has 4 rings (SSSR count). The number of allylic oxidation sites excluding steroid dienone is 1. The summed E-state index contributed by atoms with van der Waals surface area (Å²) < 4.78 is 7.24. The lowest BCUT2D eigenvalue weighted by atomic mass is 9.95. The van der Waals surface area contributed by atoms with Gasteiger partial charge in [0.25, 0.3) is 5.91 Å². The number of hydrogen-bond acceptors (Lipinski definition) is 4. The second-order valence-corrected chi connectivity index (χ2v) is 6.19. The molecule has 0 saturated heterocycles. The van der Waals surface area contributed by atoms with Gasteiger partial charge in [-0.15, -0.1) is 0 Å². The summed E-state index contributed by atoms with van der Waals surface area (Å²) in [4.78, 5) is 17.4. The lowest BCUT2D eigenvalue weighted by molar-refractivity contribution is -0.117. The molecule has 1 aromatic heterocycles. The second kappa shape index (κ2) is 6.22. The zero-order chi connectivity index (χ0) is 18.3. The van der Waals surface area contributed by atoms with Gasteiger partial charge in [0, 0.05) is 12.7 Å². The van der Waals surface area contributed by atoms with Gasteiger partial charge in [-0.3, -0.25) is 9.36 Å². The number of imidazole rings is 1. The Kier molecular flexibility index (Phi) is 3.88. The largest absolute Gasteiger partial charge is 0.497 e. The molecule has 1 amide bonds. The zero-order valence-electron chi connectivity index (χ0n) is 14.9. The van der Waals surface area contributed by atoms with Gasteiger partial charge in [0.05, 0.1) is 29.8 Å². The van der Waals surface area contributed by atoms with Crippen LogP contribution in [0.2, 0.25) is 0 Å². The molecule has 0 spiro atoms. The van der Waals surface area contributed by atoms with Crippen molar-refractivity contribution in [1.82, 2.24) is 14.9 Å². The van der Waals surface area contributed by atoms with E-state index in [4.69, 9.17) is 9.72 Å². The number of nitrogens with one attached hydrogen (secondary N) is 2. The summed E-state index contributed by atoms with van der Waals surface area (Å²) in [5, 5.41) is 6.19. The van der Waals surface area contributed by atoms with Crippen molar-refractivity contribution in [1.29, 1.82) is 0 Å². The number of likely N-dealkylation sites (N-methyl/N-ethyl adjacent to an activating group) is 1. The van der Waals surface area contributed by atoms with Crippen molar-refractivity contribution >= 4 is 28.6 Å². The first kappa shape index (κ1) is 16.2. The number of nitrogens with zero attached hydrogens (tertiary/aromatic N) is 2. The van der Waals surface area contributed by atoms with Gasteiger partial charge in [-0.05, 0) is 36.8 Å². The molecule has 0 aliphatic carbocycles. The average molecular weight is 348 g/mol. The van der Waals surface area contributed by atoms with E-state index >= 15 is 0 Å². The Bertz CT molecular complexity index is 1020. The lowest BCUT2D eigenvalue weighted by Crippen LogP contribution is -2.32. The number of para-hydroxylation sites is 2. The highest BCUT2D eigenvalue weighted by Crippen LogP contribution is 2.38. The highest BCUT2D eigenvalue weighted by Gasteiger charge is 2.32. The molecule has 2 aromatic carbocycles. The Labute approximate surface area is 151 Å². The fraction of sp³-hybridized carbons (Fsp3) is 0.200. The SMILES string of the molecule is CNC(=O)C1=C(C)n2c(nc3ccccc32)N[C@@H]1c1ccc(OC)cc1. The molecule has 1 aliphatic rings. The maximum Gasteiger partial charge on any atom is 0.251 e. The zero-order valence-corrected chi connectivity index (χ0v) is 14.9. The number of carbonyl (C=O) groups is 1. The maximum absolute atomic E-state index is 12.7. The molecule has 0 unspecified atom stereocenters. The molecular formula is C20H20N4O2. The van der Waals surface area contributed by atoms with Crippen LogP contribution < -0.4 is 15.4 Å². The van der Waals surface area contributed by atoms with E-state index in [-0.39, 0.29) is 11.9 Å². The van der Waals surface area contributed by atoms with Crippen LogP contribution >= 0.6 is 0 Å². The smallest absolute Gasteiger partial charge is 0.251 e. The van der Waals surface area contributed by atoms with Crippen molar-refractivity contribution in [3.63, 3.8) is 0 Å². The topological polar surface area (TPSA) is 68.2 Å². The summed E-state index contributed by atoms with van der Waals surface area (Å²) in [6.07, 6.45) is 0. The Hall–Kier alpha value is -3.28. The average Bonchev–Trinajstić information content (AvgIpc) is 3.06. The Morgan fingerprint density at radius 3 is 2.62 bits per heavy atom. The number of methoxy groups -OCH3 is 1. The first-order valence-electron chi connectivity index (χ1n) is 8.45. The number of fused-ring (bicyclic) bond motifs is 3. The second-order valence-electron chi connectivity index (χ2n) is 6.19. The van der Waals surface area contributed by atoms with E-state index in [0.29, 0.717) is 5.57 Å². The molecule has 132 valence electrons. The number of carbonyl (C=O) groups excluding carboxylic acids is 1. The van der Waals surface area contributed by atoms with Crippen molar-refractivity contribution in [3.05, 3.63) is 59.7 Å². The van der Waals surface area contributed by atoms with Crippen LogP contribution in [0.1, 0.15) is 18.5 Å². The van der Waals surface area contributed by atoms with Gasteiger partial charge >= 0.3 is 0 Å². The monoisotopic (exact) mass is 348 g/mol. The number of rotatable bonds is 3. The number of amides is 1. The van der Waals surface area contributed by atoms with Gasteiger partial charge in [0.2, 0.25) is 5.95 Å². The van der Waals surface area contributed by atoms with E-state index in [2.05, 4.69) is 10.6 Å². The fourth-order valence-corrected chi connectivity index (χ4v) is 3.47. The van der Waals surface area contributed by atoms with Crippen LogP contribution in [0.25, 0.3) is 16.7 Å². The predicted molar refractivity (Wildman–Crippen MR) is 102 cm³/mol. The molecule has 0 saturated carbocycles. The van der Waals surface area contributed by atoms with E-state index in [1.807, 2.05) is 60.0 Å². The van der Waals surface area contributed by atoms with E-state index in [0.717, 1.165) is 34.0 Å². The van der Waals surface area contributed by atoms with E-state index in [9.17, 15) is 4.79 Å². The van der Waals surface area contributed by atoms with Crippen LogP contribution in [0.3, 0.4) is 0 Å². The van der Waals surface area contributed by atoms with Crippen molar-refractivity contribution in [2.24, 2.45) is 0 Å². The van der Waals surface area contributed by atoms with Crippen LogP contribution in [0.15, 0.2) is 54.1 Å². The van der Waals surface area contributed by atoms with Gasteiger partial charge in [-0.2, -0.15) is 0 Å². The van der Waals surface area contributed by atoms with E-state index in [1.54, 1.807) is 14.2 Å². The van der Waals surface area contributed by atoms with Gasteiger partial charge in [0.1, 0.15) is 5.75 Å². The molecule has 3 aromatic rings. The van der Waals surface area contributed by atoms with Gasteiger partial charge < -0.3 is 15.4 Å². The molecule has 0 bridgehead atoms. The van der Waals surface area contributed by atoms with Crippen LogP contribution in [0.4, 0.5) is 5.95 Å².